The number of ether oxygens (including phenoxy) is 3. The highest BCUT2D eigenvalue weighted by molar-refractivity contribution is 5.92. The first kappa shape index (κ1) is 22.3. The van der Waals surface area contributed by atoms with Crippen molar-refractivity contribution < 1.29 is 33.4 Å². The fourth-order valence-electron chi connectivity index (χ4n) is 3.28. The summed E-state index contributed by atoms with van der Waals surface area (Å²) in [6, 6.07) is 0. The van der Waals surface area contributed by atoms with E-state index in [9.17, 15) is 19.2 Å². The Balaban J connectivity index is 2.30. The fourth-order valence-corrected chi connectivity index (χ4v) is 3.28. The number of hydrogen-bond donors (Lipinski definition) is 0. The minimum atomic E-state index is -0.804. The molecule has 1 fully saturated rings. The molecule has 0 bridgehead atoms. The number of esters is 3. The lowest BCUT2D eigenvalue weighted by molar-refractivity contribution is -0.147. The summed E-state index contributed by atoms with van der Waals surface area (Å²) in [7, 11) is 0. The highest BCUT2D eigenvalue weighted by Crippen LogP contribution is 2.36. The third-order valence-corrected chi connectivity index (χ3v) is 4.90. The molecule has 1 saturated heterocycles. The molecule has 7 heteroatoms. The molecule has 7 nitrogen and oxygen atoms in total. The third kappa shape index (κ3) is 6.01. The van der Waals surface area contributed by atoms with E-state index in [2.05, 4.69) is 6.58 Å². The van der Waals surface area contributed by atoms with E-state index in [0.29, 0.717) is 12.0 Å². The molecule has 0 radical (unpaired) electrons. The molecule has 0 unspecified atom stereocenters. The van der Waals surface area contributed by atoms with Crippen LogP contribution in [0.3, 0.4) is 0 Å². The summed E-state index contributed by atoms with van der Waals surface area (Å²) in [4.78, 5) is 47.1. The van der Waals surface area contributed by atoms with Crippen LogP contribution in [-0.2, 0) is 33.4 Å². The first-order valence-corrected chi connectivity index (χ1v) is 9.45. The number of rotatable bonds is 5. The van der Waals surface area contributed by atoms with E-state index in [0.717, 1.165) is 18.3 Å². The van der Waals surface area contributed by atoms with Crippen molar-refractivity contribution in [2.24, 2.45) is 5.92 Å². The highest BCUT2D eigenvalue weighted by atomic mass is 16.6. The SMILES string of the molecule is C=C1C(=O)O[C@@H]2/C=C(\C)CC/C=C(/C=O)C[C@@H](OC(=O)/C(C)=C/COC(C)=O)[C@@H]12. The molecule has 0 spiro atoms. The molecule has 0 aromatic heterocycles. The second-order valence-electron chi connectivity index (χ2n) is 7.21. The summed E-state index contributed by atoms with van der Waals surface area (Å²) in [6.07, 6.45) is 5.97. The van der Waals surface area contributed by atoms with E-state index >= 15 is 0 Å². The van der Waals surface area contributed by atoms with Crippen LogP contribution >= 0.6 is 0 Å². The van der Waals surface area contributed by atoms with Crippen molar-refractivity contribution >= 4 is 24.2 Å². The van der Waals surface area contributed by atoms with E-state index in [-0.39, 0.29) is 24.2 Å². The molecule has 156 valence electrons. The lowest BCUT2D eigenvalue weighted by Crippen LogP contribution is -2.34. The zero-order valence-corrected chi connectivity index (χ0v) is 16.9. The van der Waals surface area contributed by atoms with Crippen molar-refractivity contribution in [3.8, 4) is 0 Å². The first-order valence-electron chi connectivity index (χ1n) is 9.45. The summed E-state index contributed by atoms with van der Waals surface area (Å²) in [5.74, 6) is -2.22. The van der Waals surface area contributed by atoms with Crippen LogP contribution in [0.2, 0.25) is 0 Å². The maximum atomic E-state index is 12.6. The molecule has 29 heavy (non-hydrogen) atoms. The molecule has 3 atom stereocenters. The average molecular weight is 402 g/mol. The summed E-state index contributed by atoms with van der Waals surface area (Å²) < 4.78 is 15.9. The zero-order valence-electron chi connectivity index (χ0n) is 16.9. The maximum absolute atomic E-state index is 12.6. The normalized spacial score (nSPS) is 28.8. The van der Waals surface area contributed by atoms with Crippen LogP contribution in [0.15, 0.2) is 47.1 Å². The molecule has 2 aliphatic rings. The Kier molecular flexibility index (Phi) is 7.70. The predicted octanol–water partition coefficient (Wildman–Crippen LogP) is 2.76. The van der Waals surface area contributed by atoms with Gasteiger partial charge in [-0.25, -0.2) is 9.59 Å². The average Bonchev–Trinajstić information content (AvgIpc) is 2.92. The summed E-state index contributed by atoms with van der Waals surface area (Å²) >= 11 is 0. The standard InChI is InChI=1S/C22H26O7/c1-13-6-5-7-17(12-23)11-19(20-15(3)22(26)29-18(20)10-13)28-21(25)14(2)8-9-27-16(4)24/h7-8,10,12,18-20H,3,5-6,9,11H2,1-2,4H3/b13-10+,14-8+,17-7+/t18-,19-,20+/m1/s1. The Labute approximate surface area is 170 Å². The van der Waals surface area contributed by atoms with Gasteiger partial charge in [-0.2, -0.15) is 0 Å². The summed E-state index contributed by atoms with van der Waals surface area (Å²) in [6.45, 7) is 8.49. The predicted molar refractivity (Wildman–Crippen MR) is 105 cm³/mol. The lowest BCUT2D eigenvalue weighted by Gasteiger charge is -2.27. The van der Waals surface area contributed by atoms with E-state index in [1.165, 1.54) is 19.9 Å². The van der Waals surface area contributed by atoms with Crippen LogP contribution in [0.4, 0.5) is 0 Å². The van der Waals surface area contributed by atoms with Gasteiger partial charge in [0.2, 0.25) is 0 Å². The number of fused-ring (bicyclic) bond motifs is 1. The quantitative estimate of drug-likeness (QED) is 0.229. The van der Waals surface area contributed by atoms with Gasteiger partial charge in [0.05, 0.1) is 5.92 Å². The van der Waals surface area contributed by atoms with Crippen molar-refractivity contribution in [3.63, 3.8) is 0 Å². The van der Waals surface area contributed by atoms with Crippen molar-refractivity contribution in [1.82, 2.24) is 0 Å². The van der Waals surface area contributed by atoms with Crippen molar-refractivity contribution in [2.75, 3.05) is 6.61 Å². The number of allylic oxidation sites excluding steroid dienone is 2. The van der Waals surface area contributed by atoms with E-state index < -0.39 is 36.0 Å². The number of carbonyl (C=O) groups excluding carboxylic acids is 4. The van der Waals surface area contributed by atoms with Crippen LogP contribution in [-0.4, -0.2) is 43.0 Å². The van der Waals surface area contributed by atoms with Gasteiger partial charge in [-0.3, -0.25) is 9.59 Å². The topological polar surface area (TPSA) is 96.0 Å². The maximum Gasteiger partial charge on any atom is 0.334 e. The Morgan fingerprint density at radius 1 is 1.34 bits per heavy atom. The second kappa shape index (κ2) is 10.0. The number of aldehydes is 1. The van der Waals surface area contributed by atoms with E-state index in [4.69, 9.17) is 14.2 Å². The van der Waals surface area contributed by atoms with Gasteiger partial charge in [-0.1, -0.05) is 18.2 Å². The molecule has 1 aliphatic heterocycles. The van der Waals surface area contributed by atoms with Gasteiger partial charge in [0.25, 0.3) is 0 Å². The van der Waals surface area contributed by atoms with Gasteiger partial charge < -0.3 is 14.2 Å². The van der Waals surface area contributed by atoms with Gasteiger partial charge >= 0.3 is 17.9 Å². The zero-order chi connectivity index (χ0) is 21.6. The van der Waals surface area contributed by atoms with E-state index in [1.807, 2.05) is 19.1 Å². The highest BCUT2D eigenvalue weighted by Gasteiger charge is 2.44. The molecular formula is C22H26O7. The molecule has 1 aliphatic carbocycles. The summed E-state index contributed by atoms with van der Waals surface area (Å²) in [5.41, 5.74) is 1.96. The molecule has 1 heterocycles. The molecule has 0 saturated carbocycles. The van der Waals surface area contributed by atoms with Crippen LogP contribution < -0.4 is 0 Å². The molecule has 0 aromatic rings. The Hall–Kier alpha value is -2.96. The van der Waals surface area contributed by atoms with Gasteiger partial charge in [-0.05, 0) is 44.4 Å². The molecule has 0 amide bonds. The van der Waals surface area contributed by atoms with Gasteiger partial charge in [0.1, 0.15) is 25.1 Å². The minimum Gasteiger partial charge on any atom is -0.462 e. The molecular weight excluding hydrogens is 376 g/mol. The monoisotopic (exact) mass is 402 g/mol. The molecule has 2 rings (SSSR count). The number of carbonyl (C=O) groups is 4. The smallest absolute Gasteiger partial charge is 0.334 e. The first-order chi connectivity index (χ1) is 13.7. The van der Waals surface area contributed by atoms with Gasteiger partial charge in [0.15, 0.2) is 0 Å². The van der Waals surface area contributed by atoms with Crippen molar-refractivity contribution in [2.45, 2.75) is 52.2 Å². The van der Waals surface area contributed by atoms with Crippen LogP contribution in [0, 0.1) is 5.92 Å². The second-order valence-corrected chi connectivity index (χ2v) is 7.21. The van der Waals surface area contributed by atoms with Crippen LogP contribution in [0.1, 0.15) is 40.0 Å². The van der Waals surface area contributed by atoms with Crippen LogP contribution in [0.5, 0.6) is 0 Å². The van der Waals surface area contributed by atoms with E-state index in [1.54, 1.807) is 0 Å². The fraction of sp³-hybridized carbons (Fsp3) is 0.455. The van der Waals surface area contributed by atoms with Crippen LogP contribution in [0.25, 0.3) is 0 Å². The Morgan fingerprint density at radius 2 is 2.07 bits per heavy atom. The minimum absolute atomic E-state index is 0.0529. The Morgan fingerprint density at radius 3 is 2.72 bits per heavy atom. The third-order valence-electron chi connectivity index (χ3n) is 4.90. The number of hydrogen-bond acceptors (Lipinski definition) is 7. The molecule has 0 aromatic carbocycles. The largest absolute Gasteiger partial charge is 0.462 e. The van der Waals surface area contributed by atoms with Gasteiger partial charge in [-0.15, -0.1) is 0 Å². The van der Waals surface area contributed by atoms with Crippen molar-refractivity contribution in [1.29, 1.82) is 0 Å². The molecule has 0 N–H and O–H groups in total. The Bertz CT molecular complexity index is 800. The van der Waals surface area contributed by atoms with Gasteiger partial charge in [0, 0.05) is 24.5 Å². The summed E-state index contributed by atoms with van der Waals surface area (Å²) in [5, 5.41) is 0. The lowest BCUT2D eigenvalue weighted by atomic mass is 9.85. The van der Waals surface area contributed by atoms with Crippen molar-refractivity contribution in [3.05, 3.63) is 47.1 Å².